The molecule has 0 unspecified atom stereocenters. The van der Waals surface area contributed by atoms with Gasteiger partial charge in [-0.05, 0) is 48.9 Å². The Morgan fingerprint density at radius 2 is 1.59 bits per heavy atom. The summed E-state index contributed by atoms with van der Waals surface area (Å²) in [5.41, 5.74) is 2.96. The molecule has 0 atom stereocenters. The van der Waals surface area contributed by atoms with E-state index >= 15 is 0 Å². The predicted octanol–water partition coefficient (Wildman–Crippen LogP) is 4.57. The molecule has 0 aliphatic carbocycles. The number of nitrogens with zero attached hydrogens (tertiary/aromatic N) is 2. The number of fused-ring (bicyclic) bond motifs is 1. The minimum Gasteiger partial charge on any atom is -0.507 e. The van der Waals surface area contributed by atoms with E-state index in [1.807, 2.05) is 61.5 Å². The van der Waals surface area contributed by atoms with Gasteiger partial charge in [0.1, 0.15) is 11.6 Å². The van der Waals surface area contributed by atoms with Gasteiger partial charge in [0.05, 0.1) is 16.6 Å². The Kier molecular flexibility index (Phi) is 4.30. The van der Waals surface area contributed by atoms with Gasteiger partial charge in [-0.15, -0.1) is 0 Å². The van der Waals surface area contributed by atoms with E-state index in [4.69, 9.17) is 4.98 Å². The summed E-state index contributed by atoms with van der Waals surface area (Å²) in [4.78, 5) is 17.9. The van der Waals surface area contributed by atoms with Gasteiger partial charge in [0, 0.05) is 5.56 Å². The fraction of sp³-hybridized carbons (Fsp3) is 0.0435. The Balaban J connectivity index is 1.99. The van der Waals surface area contributed by atoms with Gasteiger partial charge in [0.25, 0.3) is 5.56 Å². The van der Waals surface area contributed by atoms with Gasteiger partial charge in [0.2, 0.25) is 0 Å². The van der Waals surface area contributed by atoms with Crippen LogP contribution in [0.25, 0.3) is 28.7 Å². The molecule has 0 bridgehead atoms. The van der Waals surface area contributed by atoms with Gasteiger partial charge in [-0.3, -0.25) is 9.36 Å². The monoisotopic (exact) mass is 354 g/mol. The summed E-state index contributed by atoms with van der Waals surface area (Å²) >= 11 is 0. The molecule has 4 nitrogen and oxygen atoms in total. The van der Waals surface area contributed by atoms with Crippen molar-refractivity contribution in [1.82, 2.24) is 9.55 Å². The van der Waals surface area contributed by atoms with Crippen molar-refractivity contribution >= 4 is 23.1 Å². The maximum absolute atomic E-state index is 13.2. The lowest BCUT2D eigenvalue weighted by molar-refractivity contribution is 0.474. The third-order valence-corrected chi connectivity index (χ3v) is 4.51. The Bertz CT molecular complexity index is 1220. The number of para-hydroxylation sites is 3. The second kappa shape index (κ2) is 6.92. The van der Waals surface area contributed by atoms with Crippen LogP contribution in [-0.2, 0) is 0 Å². The Morgan fingerprint density at radius 3 is 2.41 bits per heavy atom. The standard InChI is InChI=1S/C23H18N2O2/c1-16-8-2-6-12-20(16)25-22(15-14-17-9-3-7-13-21(17)26)24-19-11-5-4-10-18(19)23(25)27/h2-15,26H,1H3. The van der Waals surface area contributed by atoms with E-state index in [-0.39, 0.29) is 11.3 Å². The number of rotatable bonds is 3. The van der Waals surface area contributed by atoms with Gasteiger partial charge in [-0.1, -0.05) is 48.5 Å². The van der Waals surface area contributed by atoms with Crippen molar-refractivity contribution in [3.05, 3.63) is 100 Å². The molecule has 132 valence electrons. The first-order valence-corrected chi connectivity index (χ1v) is 8.69. The highest BCUT2D eigenvalue weighted by Crippen LogP contribution is 2.21. The lowest BCUT2D eigenvalue weighted by Gasteiger charge is -2.13. The second-order valence-corrected chi connectivity index (χ2v) is 6.31. The third kappa shape index (κ3) is 3.13. The number of hydrogen-bond donors (Lipinski definition) is 1. The number of phenols is 1. The van der Waals surface area contributed by atoms with Crippen molar-refractivity contribution in [1.29, 1.82) is 0 Å². The molecule has 1 N–H and O–H groups in total. The van der Waals surface area contributed by atoms with Crippen LogP contribution in [0.2, 0.25) is 0 Å². The maximum Gasteiger partial charge on any atom is 0.266 e. The molecule has 0 spiro atoms. The summed E-state index contributed by atoms with van der Waals surface area (Å²) in [5, 5.41) is 10.6. The molecule has 0 aliphatic heterocycles. The fourth-order valence-electron chi connectivity index (χ4n) is 3.10. The molecule has 4 rings (SSSR count). The lowest BCUT2D eigenvalue weighted by Crippen LogP contribution is -2.23. The molecule has 0 radical (unpaired) electrons. The summed E-state index contributed by atoms with van der Waals surface area (Å²) in [5.74, 6) is 0.690. The van der Waals surface area contributed by atoms with Crippen LogP contribution in [0.1, 0.15) is 17.0 Å². The average Bonchev–Trinajstić information content (AvgIpc) is 2.68. The zero-order valence-electron chi connectivity index (χ0n) is 14.8. The van der Waals surface area contributed by atoms with E-state index in [1.54, 1.807) is 34.9 Å². The summed E-state index contributed by atoms with van der Waals surface area (Å²) in [7, 11) is 0. The molecule has 0 amide bonds. The van der Waals surface area contributed by atoms with Crippen LogP contribution in [0.3, 0.4) is 0 Å². The van der Waals surface area contributed by atoms with Crippen LogP contribution in [0.15, 0.2) is 77.6 Å². The van der Waals surface area contributed by atoms with Gasteiger partial charge in [-0.25, -0.2) is 4.98 Å². The van der Waals surface area contributed by atoms with Gasteiger partial charge in [-0.2, -0.15) is 0 Å². The SMILES string of the molecule is Cc1ccccc1-n1c(C=Cc2ccccc2O)nc2ccccc2c1=O. The zero-order valence-corrected chi connectivity index (χ0v) is 14.8. The number of benzene rings is 3. The molecule has 4 heteroatoms. The summed E-state index contributed by atoms with van der Waals surface area (Å²) in [6.07, 6.45) is 3.52. The Morgan fingerprint density at radius 1 is 0.889 bits per heavy atom. The number of aryl methyl sites for hydroxylation is 1. The Labute approximate surface area is 156 Å². The van der Waals surface area contributed by atoms with Crippen molar-refractivity contribution < 1.29 is 5.11 Å². The molecular formula is C23H18N2O2. The minimum atomic E-state index is -0.119. The minimum absolute atomic E-state index is 0.119. The van der Waals surface area contributed by atoms with Crippen LogP contribution in [0.4, 0.5) is 0 Å². The predicted molar refractivity (Wildman–Crippen MR) is 109 cm³/mol. The first-order chi connectivity index (χ1) is 13.1. The third-order valence-electron chi connectivity index (χ3n) is 4.51. The van der Waals surface area contributed by atoms with E-state index in [0.717, 1.165) is 11.3 Å². The van der Waals surface area contributed by atoms with Crippen molar-refractivity contribution in [2.75, 3.05) is 0 Å². The van der Waals surface area contributed by atoms with E-state index in [9.17, 15) is 9.90 Å². The Hall–Kier alpha value is -3.66. The molecule has 0 aliphatic rings. The second-order valence-electron chi connectivity index (χ2n) is 6.31. The number of aromatic hydroxyl groups is 1. The van der Waals surface area contributed by atoms with Crippen LogP contribution in [0, 0.1) is 6.92 Å². The maximum atomic E-state index is 13.2. The number of hydrogen-bond acceptors (Lipinski definition) is 3. The molecule has 1 heterocycles. The topological polar surface area (TPSA) is 55.1 Å². The van der Waals surface area contributed by atoms with E-state index in [2.05, 4.69) is 0 Å². The zero-order chi connectivity index (χ0) is 18.8. The van der Waals surface area contributed by atoms with Crippen LogP contribution < -0.4 is 5.56 Å². The summed E-state index contributed by atoms with van der Waals surface area (Å²) < 4.78 is 1.62. The first kappa shape index (κ1) is 16.8. The summed E-state index contributed by atoms with van der Waals surface area (Å²) in [6.45, 7) is 1.97. The molecule has 0 saturated carbocycles. The molecule has 3 aromatic carbocycles. The summed E-state index contributed by atoms with van der Waals surface area (Å²) in [6, 6.07) is 22.1. The van der Waals surface area contributed by atoms with E-state index in [1.165, 1.54) is 0 Å². The average molecular weight is 354 g/mol. The van der Waals surface area contributed by atoms with Crippen molar-refractivity contribution in [2.24, 2.45) is 0 Å². The van der Waals surface area contributed by atoms with E-state index in [0.29, 0.717) is 22.3 Å². The smallest absolute Gasteiger partial charge is 0.266 e. The number of phenolic OH excluding ortho intramolecular Hbond substituents is 1. The lowest BCUT2D eigenvalue weighted by atomic mass is 10.1. The van der Waals surface area contributed by atoms with Gasteiger partial charge < -0.3 is 5.11 Å². The molecule has 0 fully saturated rings. The molecule has 1 aromatic heterocycles. The van der Waals surface area contributed by atoms with Crippen LogP contribution in [0.5, 0.6) is 5.75 Å². The fourth-order valence-corrected chi connectivity index (χ4v) is 3.10. The highest BCUT2D eigenvalue weighted by Gasteiger charge is 2.12. The van der Waals surface area contributed by atoms with Crippen LogP contribution >= 0.6 is 0 Å². The molecule has 27 heavy (non-hydrogen) atoms. The van der Waals surface area contributed by atoms with Gasteiger partial charge >= 0.3 is 0 Å². The molecule has 4 aromatic rings. The van der Waals surface area contributed by atoms with Crippen LogP contribution in [-0.4, -0.2) is 14.7 Å². The van der Waals surface area contributed by atoms with Gasteiger partial charge in [0.15, 0.2) is 0 Å². The quantitative estimate of drug-likeness (QED) is 0.586. The molecule has 0 saturated heterocycles. The highest BCUT2D eigenvalue weighted by molar-refractivity contribution is 5.80. The van der Waals surface area contributed by atoms with Crippen molar-refractivity contribution in [3.63, 3.8) is 0 Å². The normalized spacial score (nSPS) is 11.3. The number of aromatic nitrogens is 2. The van der Waals surface area contributed by atoms with E-state index < -0.39 is 0 Å². The largest absolute Gasteiger partial charge is 0.507 e. The molecular weight excluding hydrogens is 336 g/mol. The van der Waals surface area contributed by atoms with Crippen molar-refractivity contribution in [2.45, 2.75) is 6.92 Å². The highest BCUT2D eigenvalue weighted by atomic mass is 16.3. The first-order valence-electron chi connectivity index (χ1n) is 8.69. The van der Waals surface area contributed by atoms with Crippen molar-refractivity contribution in [3.8, 4) is 11.4 Å².